The Bertz CT molecular complexity index is 82.4. The second-order valence-corrected chi connectivity index (χ2v) is 2.50. The second-order valence-electron chi connectivity index (χ2n) is 2.50. The van der Waals surface area contributed by atoms with Crippen molar-refractivity contribution in [3.8, 4) is 0 Å². The lowest BCUT2D eigenvalue weighted by Crippen LogP contribution is -2.36. The monoisotopic (exact) mass is 129 g/mol. The predicted molar refractivity (Wildman–Crippen MR) is 37.9 cm³/mol. The van der Waals surface area contributed by atoms with E-state index in [0.717, 1.165) is 19.8 Å². The highest BCUT2D eigenvalue weighted by atomic mass is 15.6. The van der Waals surface area contributed by atoms with E-state index in [1.165, 1.54) is 6.54 Å². The molecule has 1 heterocycles. The largest absolute Gasteiger partial charge is 0.291 e. The first kappa shape index (κ1) is 6.99. The van der Waals surface area contributed by atoms with E-state index in [0.29, 0.717) is 0 Å². The van der Waals surface area contributed by atoms with Crippen LogP contribution < -0.4 is 5.43 Å². The molecule has 1 saturated heterocycles. The third kappa shape index (κ3) is 1.93. The molecule has 54 valence electrons. The highest BCUT2D eigenvalue weighted by Crippen LogP contribution is 1.96. The Morgan fingerprint density at radius 1 is 1.44 bits per heavy atom. The van der Waals surface area contributed by atoms with Crippen LogP contribution in [0.3, 0.4) is 0 Å². The summed E-state index contributed by atoms with van der Waals surface area (Å²) in [5.74, 6) is 0. The third-order valence-electron chi connectivity index (χ3n) is 1.55. The van der Waals surface area contributed by atoms with E-state index < -0.39 is 0 Å². The fourth-order valence-electron chi connectivity index (χ4n) is 1.08. The van der Waals surface area contributed by atoms with Gasteiger partial charge in [0, 0.05) is 19.6 Å². The zero-order valence-corrected chi connectivity index (χ0v) is 6.22. The van der Waals surface area contributed by atoms with Crippen molar-refractivity contribution >= 4 is 0 Å². The average molecular weight is 129 g/mol. The van der Waals surface area contributed by atoms with E-state index in [9.17, 15) is 0 Å². The zero-order valence-electron chi connectivity index (χ0n) is 6.22. The third-order valence-corrected chi connectivity index (χ3v) is 1.55. The van der Waals surface area contributed by atoms with Gasteiger partial charge in [-0.3, -0.25) is 10.3 Å². The summed E-state index contributed by atoms with van der Waals surface area (Å²) in [6, 6.07) is 0. The highest BCUT2D eigenvalue weighted by molar-refractivity contribution is 4.62. The van der Waals surface area contributed by atoms with Gasteiger partial charge in [0.25, 0.3) is 0 Å². The van der Waals surface area contributed by atoms with Crippen molar-refractivity contribution in [1.82, 2.24) is 15.3 Å². The predicted octanol–water partition coefficient (Wildman–Crippen LogP) is -0.284. The summed E-state index contributed by atoms with van der Waals surface area (Å²) in [5.41, 5.74) is 3.27. The fraction of sp³-hybridized carbons (Fsp3) is 1.00. The molecule has 0 aromatic heterocycles. The second kappa shape index (κ2) is 3.15. The molecular weight excluding hydrogens is 114 g/mol. The van der Waals surface area contributed by atoms with E-state index in [-0.39, 0.29) is 0 Å². The summed E-state index contributed by atoms with van der Waals surface area (Å²) in [6.07, 6.45) is 0. The Morgan fingerprint density at radius 3 is 2.67 bits per heavy atom. The molecule has 0 saturated carbocycles. The number of hydrogen-bond donors (Lipinski definition) is 1. The maximum Gasteiger partial charge on any atom is 0.0644 e. The molecule has 0 radical (unpaired) electrons. The van der Waals surface area contributed by atoms with E-state index in [4.69, 9.17) is 0 Å². The number of rotatable bonds is 2. The van der Waals surface area contributed by atoms with Crippen LogP contribution in [0.1, 0.15) is 6.92 Å². The Kier molecular flexibility index (Phi) is 2.45. The molecule has 0 aromatic carbocycles. The van der Waals surface area contributed by atoms with Crippen LogP contribution in [0.15, 0.2) is 0 Å². The molecule has 9 heavy (non-hydrogen) atoms. The topological polar surface area (TPSA) is 18.5 Å². The first-order valence-electron chi connectivity index (χ1n) is 3.50. The number of hydrazine groups is 1. The minimum Gasteiger partial charge on any atom is -0.291 e. The summed E-state index contributed by atoms with van der Waals surface area (Å²) in [4.78, 5) is 2.29. The number of nitrogens with one attached hydrogen (secondary N) is 1. The van der Waals surface area contributed by atoms with Crippen molar-refractivity contribution in [2.75, 3.05) is 33.4 Å². The molecule has 1 fully saturated rings. The first-order valence-corrected chi connectivity index (χ1v) is 3.50. The molecule has 3 heteroatoms. The van der Waals surface area contributed by atoms with Crippen LogP contribution in [-0.2, 0) is 0 Å². The van der Waals surface area contributed by atoms with Crippen LogP contribution in [0.4, 0.5) is 0 Å². The molecule has 3 nitrogen and oxygen atoms in total. The molecule has 0 spiro atoms. The Labute approximate surface area is 56.6 Å². The summed E-state index contributed by atoms with van der Waals surface area (Å²) in [7, 11) is 2.14. The maximum atomic E-state index is 3.27. The van der Waals surface area contributed by atoms with Crippen molar-refractivity contribution in [2.45, 2.75) is 6.92 Å². The van der Waals surface area contributed by atoms with Crippen LogP contribution in [0.25, 0.3) is 0 Å². The highest BCUT2D eigenvalue weighted by Gasteiger charge is 2.13. The molecular formula is C6H15N3. The summed E-state index contributed by atoms with van der Waals surface area (Å²) < 4.78 is 0. The van der Waals surface area contributed by atoms with Gasteiger partial charge in [-0.05, 0) is 7.05 Å². The minimum absolute atomic E-state index is 1.04. The molecule has 1 N–H and O–H groups in total. The van der Waals surface area contributed by atoms with Crippen LogP contribution in [-0.4, -0.2) is 43.3 Å². The maximum absolute atomic E-state index is 3.27. The lowest BCUT2D eigenvalue weighted by atomic mass is 10.6. The Hall–Kier alpha value is -0.120. The lowest BCUT2D eigenvalue weighted by molar-refractivity contribution is 0.203. The van der Waals surface area contributed by atoms with Crippen molar-refractivity contribution < 1.29 is 0 Å². The van der Waals surface area contributed by atoms with Gasteiger partial charge in [0.05, 0.1) is 6.67 Å². The molecule has 1 rings (SSSR count). The Balaban J connectivity index is 2.14. The van der Waals surface area contributed by atoms with Crippen molar-refractivity contribution in [3.63, 3.8) is 0 Å². The fourth-order valence-corrected chi connectivity index (χ4v) is 1.08. The number of likely N-dealkylation sites (N-methyl/N-ethyl adjacent to an activating group) is 1. The van der Waals surface area contributed by atoms with Gasteiger partial charge >= 0.3 is 0 Å². The minimum atomic E-state index is 1.04. The van der Waals surface area contributed by atoms with Gasteiger partial charge in [-0.25, -0.2) is 5.01 Å². The molecule has 0 bridgehead atoms. The van der Waals surface area contributed by atoms with Gasteiger partial charge in [0.1, 0.15) is 0 Å². The van der Waals surface area contributed by atoms with E-state index in [1.807, 2.05) is 0 Å². The number of nitrogens with zero attached hydrogens (tertiary/aromatic N) is 2. The molecule has 0 aromatic rings. The molecule has 0 amide bonds. The van der Waals surface area contributed by atoms with Crippen LogP contribution in [0.5, 0.6) is 0 Å². The zero-order chi connectivity index (χ0) is 6.69. The van der Waals surface area contributed by atoms with E-state index >= 15 is 0 Å². The van der Waals surface area contributed by atoms with Gasteiger partial charge in [0.2, 0.25) is 0 Å². The molecule has 1 aliphatic heterocycles. The van der Waals surface area contributed by atoms with Crippen molar-refractivity contribution in [3.05, 3.63) is 0 Å². The smallest absolute Gasteiger partial charge is 0.0644 e. The normalized spacial score (nSPS) is 23.3. The van der Waals surface area contributed by atoms with Crippen LogP contribution >= 0.6 is 0 Å². The van der Waals surface area contributed by atoms with Gasteiger partial charge in [-0.2, -0.15) is 0 Å². The first-order chi connectivity index (χ1) is 4.33. The lowest BCUT2D eigenvalue weighted by Gasteiger charge is -2.14. The van der Waals surface area contributed by atoms with Gasteiger partial charge in [-0.1, -0.05) is 6.92 Å². The summed E-state index contributed by atoms with van der Waals surface area (Å²) in [5, 5.41) is 2.24. The van der Waals surface area contributed by atoms with Crippen LogP contribution in [0.2, 0.25) is 0 Å². The van der Waals surface area contributed by atoms with Crippen molar-refractivity contribution in [2.24, 2.45) is 0 Å². The van der Waals surface area contributed by atoms with Crippen molar-refractivity contribution in [1.29, 1.82) is 0 Å². The molecule has 1 aliphatic rings. The SMILES string of the molecule is CCNN1CCN(C)C1. The average Bonchev–Trinajstić information content (AvgIpc) is 2.17. The quantitative estimate of drug-likeness (QED) is 0.553. The summed E-state index contributed by atoms with van der Waals surface area (Å²) >= 11 is 0. The van der Waals surface area contributed by atoms with Gasteiger partial charge < -0.3 is 0 Å². The molecule has 0 unspecified atom stereocenters. The summed E-state index contributed by atoms with van der Waals surface area (Å²) in [6.45, 7) is 6.57. The van der Waals surface area contributed by atoms with Gasteiger partial charge in [0.15, 0.2) is 0 Å². The van der Waals surface area contributed by atoms with E-state index in [2.05, 4.69) is 29.3 Å². The van der Waals surface area contributed by atoms with E-state index in [1.54, 1.807) is 0 Å². The Morgan fingerprint density at radius 2 is 2.22 bits per heavy atom. The molecule has 0 aliphatic carbocycles. The standard InChI is InChI=1S/C6H15N3/c1-3-7-9-5-4-8(2)6-9/h7H,3-6H2,1-2H3. The number of hydrogen-bond acceptors (Lipinski definition) is 3. The van der Waals surface area contributed by atoms with Crippen LogP contribution in [0, 0.1) is 0 Å². The molecule has 0 atom stereocenters. The van der Waals surface area contributed by atoms with Gasteiger partial charge in [-0.15, -0.1) is 0 Å².